The fourth-order valence-corrected chi connectivity index (χ4v) is 1.42. The number of ether oxygens (including phenoxy) is 1. The van der Waals surface area contributed by atoms with Crippen LogP contribution in [0.4, 0.5) is 0 Å². The van der Waals surface area contributed by atoms with Crippen LogP contribution in [0.15, 0.2) is 24.3 Å². The van der Waals surface area contributed by atoms with Gasteiger partial charge in [-0.15, -0.1) is 0 Å². The van der Waals surface area contributed by atoms with Crippen molar-refractivity contribution in [1.29, 1.82) is 0 Å². The smallest absolute Gasteiger partial charge is 0.335 e. The fraction of sp³-hybridized carbons (Fsp3) is 0.429. The normalized spacial score (nSPS) is 11.1. The van der Waals surface area contributed by atoms with Gasteiger partial charge in [-0.3, -0.25) is 4.79 Å². The van der Waals surface area contributed by atoms with Crippen molar-refractivity contribution in [3.05, 3.63) is 29.8 Å². The number of carbonyl (C=O) groups excluding carboxylic acids is 1. The molecular weight excluding hydrogens is 260 g/mol. The predicted molar refractivity (Wildman–Crippen MR) is 74.7 cm³/mol. The zero-order chi connectivity index (χ0) is 15.2. The van der Waals surface area contributed by atoms with Crippen molar-refractivity contribution in [2.24, 2.45) is 11.1 Å². The molecule has 0 aliphatic rings. The van der Waals surface area contributed by atoms with E-state index in [-0.39, 0.29) is 11.5 Å². The molecule has 0 radical (unpaired) electrons. The Hall–Kier alpha value is -2.08. The molecule has 1 rings (SSSR count). The summed E-state index contributed by atoms with van der Waals surface area (Å²) in [5.74, 6) is -0.715. The lowest BCUT2D eigenvalue weighted by Gasteiger charge is -2.20. The van der Waals surface area contributed by atoms with E-state index in [9.17, 15) is 9.59 Å². The maximum atomic E-state index is 11.1. The van der Waals surface area contributed by atoms with Crippen LogP contribution < -0.4 is 15.8 Å². The van der Waals surface area contributed by atoms with Crippen LogP contribution in [0.5, 0.6) is 5.75 Å². The first kappa shape index (κ1) is 16.0. The number of carbonyl (C=O) groups is 2. The third-order valence-corrected chi connectivity index (χ3v) is 2.88. The Morgan fingerprint density at radius 3 is 2.40 bits per heavy atom. The van der Waals surface area contributed by atoms with E-state index in [2.05, 4.69) is 5.32 Å². The molecule has 0 saturated carbocycles. The Labute approximate surface area is 117 Å². The lowest BCUT2D eigenvalue weighted by Crippen LogP contribution is -2.41. The van der Waals surface area contributed by atoms with Gasteiger partial charge in [-0.1, -0.05) is 0 Å². The summed E-state index contributed by atoms with van der Waals surface area (Å²) in [7, 11) is 0. The largest absolute Gasteiger partial charge is 0.492 e. The minimum absolute atomic E-state index is 0.221. The van der Waals surface area contributed by atoms with Gasteiger partial charge in [0.15, 0.2) is 0 Å². The summed E-state index contributed by atoms with van der Waals surface area (Å²) in [5.41, 5.74) is 4.88. The zero-order valence-electron chi connectivity index (χ0n) is 11.7. The summed E-state index contributed by atoms with van der Waals surface area (Å²) in [4.78, 5) is 21.8. The van der Waals surface area contributed by atoms with Crippen LogP contribution in [0.25, 0.3) is 0 Å². The van der Waals surface area contributed by atoms with Crippen molar-refractivity contribution >= 4 is 11.9 Å². The van der Waals surface area contributed by atoms with E-state index in [1.165, 1.54) is 12.1 Å². The molecule has 0 aromatic heterocycles. The number of nitrogens with two attached hydrogens (primary N) is 1. The molecule has 6 nitrogen and oxygen atoms in total. The van der Waals surface area contributed by atoms with E-state index in [1.807, 2.05) is 0 Å². The number of hydrogen-bond donors (Lipinski definition) is 3. The first-order chi connectivity index (χ1) is 9.33. The minimum Gasteiger partial charge on any atom is -0.492 e. The van der Waals surface area contributed by atoms with Gasteiger partial charge in [0.25, 0.3) is 0 Å². The Kier molecular flexibility index (Phi) is 5.52. The fourth-order valence-electron chi connectivity index (χ4n) is 1.42. The van der Waals surface area contributed by atoms with Gasteiger partial charge in [-0.2, -0.15) is 0 Å². The molecule has 0 saturated heterocycles. The molecule has 110 valence electrons. The molecule has 0 unspecified atom stereocenters. The number of primary amides is 1. The summed E-state index contributed by atoms with van der Waals surface area (Å²) in [5, 5.41) is 11.8. The van der Waals surface area contributed by atoms with Crippen LogP contribution >= 0.6 is 0 Å². The summed E-state index contributed by atoms with van der Waals surface area (Å²) in [6, 6.07) is 6.19. The number of hydrogen-bond acceptors (Lipinski definition) is 4. The number of nitrogens with one attached hydrogen (secondary N) is 1. The van der Waals surface area contributed by atoms with E-state index in [0.29, 0.717) is 25.4 Å². The van der Waals surface area contributed by atoms with Crippen molar-refractivity contribution in [3.63, 3.8) is 0 Å². The maximum Gasteiger partial charge on any atom is 0.335 e. The molecule has 1 aromatic carbocycles. The van der Waals surface area contributed by atoms with Crippen LogP contribution in [0.2, 0.25) is 0 Å². The van der Waals surface area contributed by atoms with E-state index >= 15 is 0 Å². The van der Waals surface area contributed by atoms with Crippen molar-refractivity contribution in [3.8, 4) is 5.75 Å². The second kappa shape index (κ2) is 6.91. The third kappa shape index (κ3) is 4.89. The van der Waals surface area contributed by atoms with Crippen molar-refractivity contribution in [1.82, 2.24) is 5.32 Å². The number of benzene rings is 1. The molecule has 0 fully saturated rings. The minimum atomic E-state index is -0.966. The van der Waals surface area contributed by atoms with E-state index in [1.54, 1.807) is 26.0 Å². The van der Waals surface area contributed by atoms with Gasteiger partial charge in [0.2, 0.25) is 5.91 Å². The van der Waals surface area contributed by atoms with Crippen LogP contribution in [0, 0.1) is 5.41 Å². The molecule has 0 heterocycles. The summed E-state index contributed by atoms with van der Waals surface area (Å²) >= 11 is 0. The molecule has 20 heavy (non-hydrogen) atoms. The Morgan fingerprint density at radius 1 is 1.30 bits per heavy atom. The molecule has 0 aliphatic carbocycles. The van der Waals surface area contributed by atoms with Crippen molar-refractivity contribution in [2.75, 3.05) is 19.7 Å². The Balaban J connectivity index is 2.28. The van der Waals surface area contributed by atoms with Crippen LogP contribution in [-0.2, 0) is 4.79 Å². The topological polar surface area (TPSA) is 102 Å². The number of carboxylic acids is 1. The van der Waals surface area contributed by atoms with Gasteiger partial charge in [0.1, 0.15) is 12.4 Å². The molecule has 0 aliphatic heterocycles. The van der Waals surface area contributed by atoms with Gasteiger partial charge in [0, 0.05) is 13.1 Å². The Bertz CT molecular complexity index is 469. The number of rotatable bonds is 8. The quantitative estimate of drug-likeness (QED) is 0.613. The van der Waals surface area contributed by atoms with E-state index < -0.39 is 11.4 Å². The average Bonchev–Trinajstić information content (AvgIpc) is 2.38. The molecule has 0 spiro atoms. The van der Waals surface area contributed by atoms with E-state index in [4.69, 9.17) is 15.6 Å². The highest BCUT2D eigenvalue weighted by molar-refractivity contribution is 5.87. The number of carboxylic acid groups (broad SMARTS) is 1. The number of amides is 1. The number of aromatic carboxylic acids is 1. The third-order valence-electron chi connectivity index (χ3n) is 2.88. The summed E-state index contributed by atoms with van der Waals surface area (Å²) in [6.07, 6.45) is 0. The maximum absolute atomic E-state index is 11.1. The van der Waals surface area contributed by atoms with Gasteiger partial charge < -0.3 is 20.9 Å². The molecule has 6 heteroatoms. The van der Waals surface area contributed by atoms with Gasteiger partial charge in [-0.25, -0.2) is 4.79 Å². The highest BCUT2D eigenvalue weighted by Gasteiger charge is 2.23. The predicted octanol–water partition coefficient (Wildman–Crippen LogP) is 0.865. The van der Waals surface area contributed by atoms with Gasteiger partial charge in [-0.05, 0) is 38.1 Å². The van der Waals surface area contributed by atoms with Gasteiger partial charge >= 0.3 is 5.97 Å². The molecule has 0 atom stereocenters. The van der Waals surface area contributed by atoms with Crippen molar-refractivity contribution in [2.45, 2.75) is 13.8 Å². The van der Waals surface area contributed by atoms with Crippen LogP contribution in [0.1, 0.15) is 24.2 Å². The van der Waals surface area contributed by atoms with Crippen LogP contribution in [0.3, 0.4) is 0 Å². The standard InChI is InChI=1S/C14H20N2O4/c1-14(2,13(15)19)9-16-7-8-20-11-5-3-10(4-6-11)12(17)18/h3-6,16H,7-9H2,1-2H3,(H2,15,19)(H,17,18). The Morgan fingerprint density at radius 2 is 1.90 bits per heavy atom. The molecule has 1 aromatic rings. The van der Waals surface area contributed by atoms with Crippen LogP contribution in [-0.4, -0.2) is 36.7 Å². The zero-order valence-corrected chi connectivity index (χ0v) is 11.7. The molecule has 4 N–H and O–H groups in total. The lowest BCUT2D eigenvalue weighted by molar-refractivity contribution is -0.125. The van der Waals surface area contributed by atoms with E-state index in [0.717, 1.165) is 0 Å². The lowest BCUT2D eigenvalue weighted by atomic mass is 9.93. The highest BCUT2D eigenvalue weighted by atomic mass is 16.5. The molecular formula is C14H20N2O4. The molecule has 0 bridgehead atoms. The van der Waals surface area contributed by atoms with Gasteiger partial charge in [0.05, 0.1) is 11.0 Å². The van der Waals surface area contributed by atoms with Crippen molar-refractivity contribution < 1.29 is 19.4 Å². The summed E-state index contributed by atoms with van der Waals surface area (Å²) in [6.45, 7) is 5.00. The second-order valence-electron chi connectivity index (χ2n) is 5.10. The first-order valence-corrected chi connectivity index (χ1v) is 6.30. The first-order valence-electron chi connectivity index (χ1n) is 6.30. The highest BCUT2D eigenvalue weighted by Crippen LogP contribution is 2.13. The monoisotopic (exact) mass is 280 g/mol. The summed E-state index contributed by atoms with van der Waals surface area (Å²) < 4.78 is 5.44. The SMILES string of the molecule is CC(C)(CNCCOc1ccc(C(=O)O)cc1)C(N)=O. The average molecular weight is 280 g/mol. The second-order valence-corrected chi connectivity index (χ2v) is 5.10. The molecule has 1 amide bonds.